The summed E-state index contributed by atoms with van der Waals surface area (Å²) in [5.41, 5.74) is 4.08. The van der Waals surface area contributed by atoms with Gasteiger partial charge in [-0.05, 0) is 26.8 Å². The van der Waals surface area contributed by atoms with Gasteiger partial charge >= 0.3 is 0 Å². The van der Waals surface area contributed by atoms with Crippen LogP contribution in [0.15, 0.2) is 17.0 Å². The number of rotatable bonds is 7. The van der Waals surface area contributed by atoms with Gasteiger partial charge in [-0.15, -0.1) is 12.4 Å². The van der Waals surface area contributed by atoms with Crippen LogP contribution in [0.4, 0.5) is 14.5 Å². The molecule has 0 aliphatic rings. The SMILES string of the molecule is COC(CN)CC(=O)Nc1cc(S(=O)(=O)NC(C)(C)C)c(F)cc1F.Cl. The average Bonchev–Trinajstić information content (AvgIpc) is 2.44. The Bertz CT molecular complexity index is 735. The molecule has 0 heterocycles. The smallest absolute Gasteiger partial charge is 0.244 e. The quantitative estimate of drug-likeness (QED) is 0.628. The van der Waals surface area contributed by atoms with Crippen molar-refractivity contribution in [1.82, 2.24) is 4.72 Å². The van der Waals surface area contributed by atoms with E-state index < -0.39 is 49.8 Å². The summed E-state index contributed by atoms with van der Waals surface area (Å²) in [5.74, 6) is -3.00. The summed E-state index contributed by atoms with van der Waals surface area (Å²) in [4.78, 5) is 11.1. The molecule has 0 radical (unpaired) electrons. The van der Waals surface area contributed by atoms with E-state index in [-0.39, 0.29) is 25.4 Å². The molecular formula is C15H24ClF2N3O4S. The Morgan fingerprint density at radius 3 is 2.31 bits per heavy atom. The van der Waals surface area contributed by atoms with E-state index in [2.05, 4.69) is 10.0 Å². The lowest BCUT2D eigenvalue weighted by molar-refractivity contribution is -0.118. The number of benzene rings is 1. The van der Waals surface area contributed by atoms with Gasteiger partial charge in [-0.3, -0.25) is 4.79 Å². The zero-order valence-corrected chi connectivity index (χ0v) is 16.6. The lowest BCUT2D eigenvalue weighted by atomic mass is 10.1. The first kappa shape index (κ1) is 24.7. The fraction of sp³-hybridized carbons (Fsp3) is 0.533. The van der Waals surface area contributed by atoms with Gasteiger partial charge < -0.3 is 15.8 Å². The summed E-state index contributed by atoms with van der Waals surface area (Å²) < 4.78 is 59.6. The molecule has 1 aromatic carbocycles. The standard InChI is InChI=1S/C15H23F2N3O4S.ClH/c1-15(2,3)20-25(22,23)13-7-12(10(16)6-11(13)17)19-14(21)5-9(8-18)24-4;/h6-7,9,20H,5,8,18H2,1-4H3,(H,19,21);1H. The summed E-state index contributed by atoms with van der Waals surface area (Å²) in [7, 11) is -2.88. The first-order chi connectivity index (χ1) is 11.4. The van der Waals surface area contributed by atoms with E-state index >= 15 is 0 Å². The van der Waals surface area contributed by atoms with Gasteiger partial charge in [0.15, 0.2) is 0 Å². The molecule has 1 unspecified atom stereocenters. The zero-order chi connectivity index (χ0) is 19.4. The van der Waals surface area contributed by atoms with Gasteiger partial charge in [0.1, 0.15) is 16.5 Å². The molecule has 1 rings (SSSR count). The van der Waals surface area contributed by atoms with E-state index in [4.69, 9.17) is 10.5 Å². The molecule has 0 aliphatic carbocycles. The molecule has 0 aliphatic heterocycles. The molecule has 1 aromatic rings. The van der Waals surface area contributed by atoms with Crippen LogP contribution < -0.4 is 15.8 Å². The summed E-state index contributed by atoms with van der Waals surface area (Å²) in [6, 6.07) is 1.14. The molecule has 0 saturated heterocycles. The van der Waals surface area contributed by atoms with Gasteiger partial charge in [-0.1, -0.05) is 0 Å². The van der Waals surface area contributed by atoms with E-state index in [0.717, 1.165) is 6.07 Å². The second-order valence-corrected chi connectivity index (χ2v) is 8.11. The fourth-order valence-corrected chi connectivity index (χ4v) is 3.46. The van der Waals surface area contributed by atoms with Crippen LogP contribution >= 0.6 is 12.4 Å². The molecule has 26 heavy (non-hydrogen) atoms. The minimum atomic E-state index is -4.24. The monoisotopic (exact) mass is 415 g/mol. The molecule has 0 fully saturated rings. The molecule has 4 N–H and O–H groups in total. The highest BCUT2D eigenvalue weighted by molar-refractivity contribution is 7.89. The molecule has 1 amide bonds. The van der Waals surface area contributed by atoms with Gasteiger partial charge in [0.25, 0.3) is 0 Å². The van der Waals surface area contributed by atoms with E-state index in [1.54, 1.807) is 20.8 Å². The number of hydrogen-bond acceptors (Lipinski definition) is 5. The first-order valence-electron chi connectivity index (χ1n) is 7.45. The Morgan fingerprint density at radius 2 is 1.85 bits per heavy atom. The van der Waals surface area contributed by atoms with Crippen molar-refractivity contribution in [1.29, 1.82) is 0 Å². The highest BCUT2D eigenvalue weighted by Crippen LogP contribution is 2.24. The Hall–Kier alpha value is -1.33. The maximum absolute atomic E-state index is 13.9. The molecule has 1 atom stereocenters. The van der Waals surface area contributed by atoms with Crippen LogP contribution in [0.25, 0.3) is 0 Å². The number of nitrogens with two attached hydrogens (primary N) is 1. The predicted octanol–water partition coefficient (Wildman–Crippen LogP) is 1.77. The number of halogens is 3. The van der Waals surface area contributed by atoms with Crippen LogP contribution in [0.5, 0.6) is 0 Å². The van der Waals surface area contributed by atoms with Crippen molar-refractivity contribution in [2.45, 2.75) is 43.7 Å². The number of sulfonamides is 1. The summed E-state index contributed by atoms with van der Waals surface area (Å²) >= 11 is 0. The number of hydrogen-bond donors (Lipinski definition) is 3. The van der Waals surface area contributed by atoms with Crippen LogP contribution in [0.3, 0.4) is 0 Å². The number of carbonyl (C=O) groups is 1. The maximum Gasteiger partial charge on any atom is 0.244 e. The van der Waals surface area contributed by atoms with Crippen LogP contribution in [0, 0.1) is 11.6 Å². The van der Waals surface area contributed by atoms with Gasteiger partial charge in [0.05, 0.1) is 18.2 Å². The molecule has 7 nitrogen and oxygen atoms in total. The van der Waals surface area contributed by atoms with Crippen LogP contribution in [-0.2, 0) is 19.6 Å². The van der Waals surface area contributed by atoms with Gasteiger partial charge in [-0.2, -0.15) is 0 Å². The topological polar surface area (TPSA) is 111 Å². The van der Waals surface area contributed by atoms with Gasteiger partial charge in [-0.25, -0.2) is 21.9 Å². The Morgan fingerprint density at radius 1 is 1.27 bits per heavy atom. The lowest BCUT2D eigenvalue weighted by Gasteiger charge is -2.21. The molecule has 0 spiro atoms. The van der Waals surface area contributed by atoms with Crippen LogP contribution in [-0.4, -0.2) is 39.6 Å². The largest absolute Gasteiger partial charge is 0.380 e. The number of methoxy groups -OCH3 is 1. The molecule has 0 bridgehead atoms. The van der Waals surface area contributed by atoms with Crippen molar-refractivity contribution in [2.24, 2.45) is 5.73 Å². The highest BCUT2D eigenvalue weighted by atomic mass is 35.5. The normalized spacial score (nSPS) is 13.0. The first-order valence-corrected chi connectivity index (χ1v) is 8.93. The van der Waals surface area contributed by atoms with E-state index in [9.17, 15) is 22.0 Å². The lowest BCUT2D eigenvalue weighted by Crippen LogP contribution is -2.40. The molecule has 0 saturated carbocycles. The molecule has 150 valence electrons. The van der Waals surface area contributed by atoms with Crippen molar-refractivity contribution in [2.75, 3.05) is 19.0 Å². The fourth-order valence-electron chi connectivity index (χ4n) is 1.96. The second-order valence-electron chi connectivity index (χ2n) is 6.46. The minimum absolute atomic E-state index is 0. The Labute approximate surface area is 158 Å². The number of anilines is 1. The molecular weight excluding hydrogens is 392 g/mol. The van der Waals surface area contributed by atoms with E-state index in [1.165, 1.54) is 7.11 Å². The van der Waals surface area contributed by atoms with Gasteiger partial charge in [0, 0.05) is 25.3 Å². The van der Waals surface area contributed by atoms with Crippen molar-refractivity contribution in [3.63, 3.8) is 0 Å². The summed E-state index contributed by atoms with van der Waals surface area (Å²) in [6.45, 7) is 4.80. The van der Waals surface area contributed by atoms with Crippen molar-refractivity contribution >= 4 is 34.0 Å². The Balaban J connectivity index is 0.00000625. The summed E-state index contributed by atoms with van der Waals surface area (Å²) in [5, 5.41) is 2.20. The predicted molar refractivity (Wildman–Crippen MR) is 96.8 cm³/mol. The maximum atomic E-state index is 13.9. The minimum Gasteiger partial charge on any atom is -0.380 e. The third-order valence-corrected chi connectivity index (χ3v) is 4.81. The number of ether oxygens (including phenoxy) is 1. The van der Waals surface area contributed by atoms with E-state index in [1.807, 2.05) is 0 Å². The average molecular weight is 416 g/mol. The third-order valence-electron chi connectivity index (χ3n) is 3.04. The second kappa shape index (κ2) is 9.56. The summed E-state index contributed by atoms with van der Waals surface area (Å²) in [6.07, 6.45) is -0.735. The van der Waals surface area contributed by atoms with Crippen molar-refractivity contribution in [3.8, 4) is 0 Å². The molecule has 0 aromatic heterocycles. The number of carbonyl (C=O) groups excluding carboxylic acids is 1. The number of nitrogens with one attached hydrogen (secondary N) is 2. The van der Waals surface area contributed by atoms with Crippen molar-refractivity contribution < 1.29 is 26.7 Å². The van der Waals surface area contributed by atoms with Crippen molar-refractivity contribution in [3.05, 3.63) is 23.8 Å². The van der Waals surface area contributed by atoms with Crippen LogP contribution in [0.1, 0.15) is 27.2 Å². The zero-order valence-electron chi connectivity index (χ0n) is 14.9. The van der Waals surface area contributed by atoms with Gasteiger partial charge in [0.2, 0.25) is 15.9 Å². The Kier molecular flexibility index (Phi) is 9.07. The van der Waals surface area contributed by atoms with Crippen LogP contribution in [0.2, 0.25) is 0 Å². The molecule has 11 heteroatoms. The van der Waals surface area contributed by atoms with E-state index in [0.29, 0.717) is 6.07 Å². The number of amides is 1. The third kappa shape index (κ3) is 7.12. The highest BCUT2D eigenvalue weighted by Gasteiger charge is 2.27.